The number of nitrogens with zero attached hydrogens (tertiary/aromatic N) is 1. The van der Waals surface area contributed by atoms with Crippen molar-refractivity contribution in [2.24, 2.45) is 0 Å². The molecule has 0 atom stereocenters. The Morgan fingerprint density at radius 3 is 2.73 bits per heavy atom. The van der Waals surface area contributed by atoms with Gasteiger partial charge >= 0.3 is 5.97 Å². The molecule has 6 nitrogen and oxygen atoms in total. The number of halogens is 1. The zero-order chi connectivity index (χ0) is 18.4. The van der Waals surface area contributed by atoms with Crippen molar-refractivity contribution in [3.63, 3.8) is 0 Å². The van der Waals surface area contributed by atoms with E-state index in [0.29, 0.717) is 5.02 Å². The zero-order valence-corrected chi connectivity index (χ0v) is 14.2. The van der Waals surface area contributed by atoms with Gasteiger partial charge in [-0.15, -0.1) is 0 Å². The van der Waals surface area contributed by atoms with Crippen LogP contribution in [0.1, 0.15) is 48.3 Å². The summed E-state index contributed by atoms with van der Waals surface area (Å²) in [6.45, 7) is 1.49. The molecule has 0 aliphatic heterocycles. The average molecular weight is 368 g/mol. The van der Waals surface area contributed by atoms with Crippen LogP contribution in [0.15, 0.2) is 47.0 Å². The smallest absolute Gasteiger partial charge is 0.347 e. The summed E-state index contributed by atoms with van der Waals surface area (Å²) in [4.78, 5) is 42.0. The largest absolute Gasteiger partial charge is 0.456 e. The molecule has 0 unspecified atom stereocenters. The Bertz CT molecular complexity index is 1100. The van der Waals surface area contributed by atoms with Crippen molar-refractivity contribution in [3.05, 3.63) is 81.5 Å². The molecule has 128 valence electrons. The average Bonchev–Trinajstić information content (AvgIpc) is 2.97. The van der Waals surface area contributed by atoms with E-state index in [1.807, 2.05) is 0 Å². The van der Waals surface area contributed by atoms with Gasteiger partial charge in [-0.1, -0.05) is 17.7 Å². The number of carbonyl (C=O) groups is 3. The quantitative estimate of drug-likeness (QED) is 0.397. The van der Waals surface area contributed by atoms with Gasteiger partial charge in [-0.2, -0.15) is 0 Å². The Hall–Kier alpha value is -3.25. The maximum absolute atomic E-state index is 12.8. The van der Waals surface area contributed by atoms with Crippen LogP contribution >= 0.6 is 11.6 Å². The summed E-state index contributed by atoms with van der Waals surface area (Å²) in [5.74, 6) is -1.69. The maximum atomic E-state index is 12.8. The van der Waals surface area contributed by atoms with E-state index in [0.717, 1.165) is 0 Å². The van der Waals surface area contributed by atoms with Crippen LogP contribution in [-0.2, 0) is 0 Å². The number of esters is 1. The lowest BCUT2D eigenvalue weighted by Crippen LogP contribution is -2.23. The minimum Gasteiger partial charge on any atom is -0.456 e. The Balaban J connectivity index is 1.80. The summed E-state index contributed by atoms with van der Waals surface area (Å²) >= 11 is 5.88. The van der Waals surface area contributed by atoms with E-state index in [1.165, 1.54) is 25.3 Å². The molecule has 0 bridgehead atoms. The molecule has 7 heteroatoms. The molecule has 0 spiro atoms. The molecule has 3 aromatic rings. The first-order valence-corrected chi connectivity index (χ1v) is 8.00. The van der Waals surface area contributed by atoms with Gasteiger partial charge in [-0.3, -0.25) is 14.6 Å². The van der Waals surface area contributed by atoms with E-state index in [9.17, 15) is 14.4 Å². The summed E-state index contributed by atoms with van der Waals surface area (Å²) in [7, 11) is 0. The maximum Gasteiger partial charge on any atom is 0.347 e. The van der Waals surface area contributed by atoms with Crippen LogP contribution < -0.4 is 4.74 Å². The van der Waals surface area contributed by atoms with Crippen molar-refractivity contribution in [2.45, 2.75) is 6.92 Å². The van der Waals surface area contributed by atoms with Crippen molar-refractivity contribution < 1.29 is 23.5 Å². The fourth-order valence-electron chi connectivity index (χ4n) is 2.87. The number of ketones is 2. The van der Waals surface area contributed by atoms with Gasteiger partial charge in [0.05, 0.1) is 11.1 Å². The molecule has 0 amide bonds. The van der Waals surface area contributed by atoms with Crippen LogP contribution in [0.2, 0.25) is 5.02 Å². The summed E-state index contributed by atoms with van der Waals surface area (Å²) < 4.78 is 10.7. The molecule has 0 radical (unpaired) electrons. The van der Waals surface area contributed by atoms with Crippen LogP contribution in [0.4, 0.5) is 0 Å². The van der Waals surface area contributed by atoms with Gasteiger partial charge in [-0.05, 0) is 37.3 Å². The lowest BCUT2D eigenvalue weighted by Gasteiger charge is -2.12. The summed E-state index contributed by atoms with van der Waals surface area (Å²) in [6.07, 6.45) is 1.41. The normalized spacial score (nSPS) is 12.5. The third-order valence-electron chi connectivity index (χ3n) is 4.00. The molecular weight excluding hydrogens is 358 g/mol. The lowest BCUT2D eigenvalue weighted by molar-refractivity contribution is 0.0729. The van der Waals surface area contributed by atoms with Gasteiger partial charge in [0.25, 0.3) is 0 Å². The predicted octanol–water partition coefficient (Wildman–Crippen LogP) is 3.63. The van der Waals surface area contributed by atoms with Gasteiger partial charge in [0.1, 0.15) is 22.8 Å². The van der Waals surface area contributed by atoms with Crippen molar-refractivity contribution >= 4 is 29.1 Å². The topological polar surface area (TPSA) is 86.5 Å². The number of fused-ring (bicyclic) bond motifs is 2. The summed E-state index contributed by atoms with van der Waals surface area (Å²) in [5.41, 5.74) is -0.0727. The van der Waals surface area contributed by atoms with E-state index < -0.39 is 17.5 Å². The monoisotopic (exact) mass is 367 g/mol. The SMILES string of the molecule is Cc1oc2c(c1C(=O)Oc1cccc(Cl)c1)C(=O)c1ncccc1C2=O. The highest BCUT2D eigenvalue weighted by atomic mass is 35.5. The Morgan fingerprint density at radius 2 is 1.96 bits per heavy atom. The first kappa shape index (κ1) is 16.2. The van der Waals surface area contributed by atoms with Crippen LogP contribution in [0.3, 0.4) is 0 Å². The van der Waals surface area contributed by atoms with Crippen LogP contribution in [0, 0.1) is 6.92 Å². The standard InChI is InChI=1S/C19H10ClNO5/c1-9-13(19(24)26-11-5-2-4-10(20)8-11)14-17(23)15-12(6-3-7-21-15)16(22)18(14)25-9/h2-8H,1H3. The number of pyridine rings is 1. The number of aromatic nitrogens is 1. The van der Waals surface area contributed by atoms with Gasteiger partial charge in [0.2, 0.25) is 11.6 Å². The second-order valence-electron chi connectivity index (χ2n) is 5.64. The van der Waals surface area contributed by atoms with Crippen molar-refractivity contribution in [1.82, 2.24) is 4.98 Å². The molecule has 0 saturated carbocycles. The van der Waals surface area contributed by atoms with Crippen molar-refractivity contribution in [1.29, 1.82) is 0 Å². The zero-order valence-electron chi connectivity index (χ0n) is 13.4. The molecule has 2 heterocycles. The van der Waals surface area contributed by atoms with Gasteiger partial charge in [-0.25, -0.2) is 4.79 Å². The van der Waals surface area contributed by atoms with Crippen molar-refractivity contribution in [3.8, 4) is 5.75 Å². The molecule has 0 N–H and O–H groups in total. The highest BCUT2D eigenvalue weighted by Gasteiger charge is 2.39. The predicted molar refractivity (Wildman–Crippen MR) is 91.0 cm³/mol. The molecule has 1 aromatic carbocycles. The number of furan rings is 1. The number of aryl methyl sites for hydroxylation is 1. The van der Waals surface area contributed by atoms with E-state index in [2.05, 4.69) is 4.98 Å². The summed E-state index contributed by atoms with van der Waals surface area (Å²) in [5, 5.41) is 0.394. The number of hydrogen-bond acceptors (Lipinski definition) is 6. The fraction of sp³-hybridized carbons (Fsp3) is 0.0526. The highest BCUT2D eigenvalue weighted by Crippen LogP contribution is 2.33. The first-order chi connectivity index (χ1) is 12.5. The van der Waals surface area contributed by atoms with Crippen LogP contribution in [-0.4, -0.2) is 22.5 Å². The van der Waals surface area contributed by atoms with E-state index in [4.69, 9.17) is 20.8 Å². The number of rotatable bonds is 2. The molecule has 1 aliphatic rings. The number of ether oxygens (including phenoxy) is 1. The molecule has 0 fully saturated rings. The van der Waals surface area contributed by atoms with E-state index in [-0.39, 0.29) is 39.7 Å². The van der Waals surface area contributed by atoms with E-state index in [1.54, 1.807) is 24.3 Å². The minimum atomic E-state index is -0.810. The highest BCUT2D eigenvalue weighted by molar-refractivity contribution is 6.31. The third kappa shape index (κ3) is 2.43. The van der Waals surface area contributed by atoms with Gasteiger partial charge in [0.15, 0.2) is 5.76 Å². The molecule has 26 heavy (non-hydrogen) atoms. The fourth-order valence-corrected chi connectivity index (χ4v) is 3.05. The van der Waals surface area contributed by atoms with Crippen molar-refractivity contribution in [2.75, 3.05) is 0 Å². The van der Waals surface area contributed by atoms with Gasteiger partial charge < -0.3 is 9.15 Å². The first-order valence-electron chi connectivity index (χ1n) is 7.63. The number of benzene rings is 1. The third-order valence-corrected chi connectivity index (χ3v) is 4.23. The molecular formula is C19H10ClNO5. The van der Waals surface area contributed by atoms with Crippen LogP contribution in [0.25, 0.3) is 0 Å². The Kier molecular flexibility index (Phi) is 3.70. The Labute approximate surface area is 152 Å². The van der Waals surface area contributed by atoms with Gasteiger partial charge in [0, 0.05) is 11.2 Å². The number of hydrogen-bond donors (Lipinski definition) is 0. The lowest BCUT2D eigenvalue weighted by atomic mass is 9.90. The minimum absolute atomic E-state index is 0.0115. The molecule has 1 aliphatic carbocycles. The number of carbonyl (C=O) groups excluding carboxylic acids is 3. The molecule has 0 saturated heterocycles. The second kappa shape index (κ2) is 5.93. The van der Waals surface area contributed by atoms with Crippen LogP contribution in [0.5, 0.6) is 5.75 Å². The molecule has 2 aromatic heterocycles. The molecule has 4 rings (SSSR count). The second-order valence-corrected chi connectivity index (χ2v) is 6.08. The van der Waals surface area contributed by atoms with E-state index >= 15 is 0 Å². The summed E-state index contributed by atoms with van der Waals surface area (Å²) in [6, 6.07) is 9.32. The Morgan fingerprint density at radius 1 is 1.15 bits per heavy atom.